The average Bonchev–Trinajstić information content (AvgIpc) is 3.24. The number of carbonyl (C=O) groups is 1. The summed E-state index contributed by atoms with van der Waals surface area (Å²) in [7, 11) is 0. The Balaban J connectivity index is 1.78. The molecular weight excluding hydrogens is 226 g/mol. The number of aromatic nitrogens is 2. The van der Waals surface area contributed by atoms with Crippen molar-refractivity contribution < 1.29 is 4.79 Å². The highest BCUT2D eigenvalue weighted by Crippen LogP contribution is 2.19. The van der Waals surface area contributed by atoms with E-state index in [0.29, 0.717) is 17.4 Å². The molecule has 3 rings (SSSR count). The molecule has 1 fully saturated rings. The van der Waals surface area contributed by atoms with Crippen LogP contribution in [-0.2, 0) is 0 Å². The van der Waals surface area contributed by atoms with Crippen molar-refractivity contribution in [2.45, 2.75) is 18.9 Å². The molecular formula is C14H13N3O. The minimum absolute atomic E-state index is 0.0860. The summed E-state index contributed by atoms with van der Waals surface area (Å²) >= 11 is 0. The first-order chi connectivity index (χ1) is 8.83. The smallest absolute Gasteiger partial charge is 0.254 e. The second kappa shape index (κ2) is 4.56. The Bertz CT molecular complexity index is 547. The molecule has 18 heavy (non-hydrogen) atoms. The van der Waals surface area contributed by atoms with Crippen LogP contribution in [0.3, 0.4) is 0 Å². The van der Waals surface area contributed by atoms with E-state index < -0.39 is 0 Å². The minimum Gasteiger partial charge on any atom is -0.349 e. The first kappa shape index (κ1) is 10.9. The Kier molecular flexibility index (Phi) is 2.76. The second-order valence-corrected chi connectivity index (χ2v) is 4.41. The molecule has 1 aromatic carbocycles. The minimum atomic E-state index is -0.0860. The van der Waals surface area contributed by atoms with Crippen LogP contribution in [0, 0.1) is 0 Å². The molecule has 90 valence electrons. The largest absolute Gasteiger partial charge is 0.349 e. The molecule has 0 radical (unpaired) electrons. The summed E-state index contributed by atoms with van der Waals surface area (Å²) < 4.78 is 0. The summed E-state index contributed by atoms with van der Waals surface area (Å²) in [6, 6.07) is 10.1. The summed E-state index contributed by atoms with van der Waals surface area (Å²) in [5, 5.41) is 2.91. The van der Waals surface area contributed by atoms with Crippen LogP contribution in [0.5, 0.6) is 0 Å². The van der Waals surface area contributed by atoms with Crippen LogP contribution in [0.25, 0.3) is 11.4 Å². The maximum atomic E-state index is 11.8. The van der Waals surface area contributed by atoms with Crippen molar-refractivity contribution in [3.05, 3.63) is 48.3 Å². The van der Waals surface area contributed by atoms with Crippen LogP contribution in [0.15, 0.2) is 42.7 Å². The van der Waals surface area contributed by atoms with Gasteiger partial charge in [0.2, 0.25) is 0 Å². The predicted molar refractivity (Wildman–Crippen MR) is 68.0 cm³/mol. The Labute approximate surface area is 105 Å². The van der Waals surface area contributed by atoms with E-state index in [-0.39, 0.29) is 5.91 Å². The van der Waals surface area contributed by atoms with E-state index in [1.807, 2.05) is 30.3 Å². The van der Waals surface area contributed by atoms with Gasteiger partial charge in [0.1, 0.15) is 0 Å². The molecule has 1 amide bonds. The van der Waals surface area contributed by atoms with E-state index in [1.165, 1.54) is 0 Å². The highest BCUT2D eigenvalue weighted by molar-refractivity contribution is 5.94. The quantitative estimate of drug-likeness (QED) is 0.891. The summed E-state index contributed by atoms with van der Waals surface area (Å²) in [5.41, 5.74) is 1.47. The van der Waals surface area contributed by atoms with Gasteiger partial charge < -0.3 is 5.32 Å². The highest BCUT2D eigenvalue weighted by Gasteiger charge is 2.23. The monoisotopic (exact) mass is 239 g/mol. The molecule has 4 heteroatoms. The predicted octanol–water partition coefficient (Wildman–Crippen LogP) is 2.04. The van der Waals surface area contributed by atoms with Gasteiger partial charge in [-0.25, -0.2) is 9.97 Å². The number of amides is 1. The Morgan fingerprint density at radius 1 is 1.11 bits per heavy atom. The molecule has 0 bridgehead atoms. The lowest BCUT2D eigenvalue weighted by atomic mass is 10.2. The van der Waals surface area contributed by atoms with E-state index in [4.69, 9.17) is 0 Å². The molecule has 2 aromatic rings. The van der Waals surface area contributed by atoms with Crippen molar-refractivity contribution in [1.82, 2.24) is 15.3 Å². The van der Waals surface area contributed by atoms with Gasteiger partial charge in [0.15, 0.2) is 5.82 Å². The van der Waals surface area contributed by atoms with Gasteiger partial charge in [0, 0.05) is 24.0 Å². The zero-order valence-corrected chi connectivity index (χ0v) is 9.84. The Morgan fingerprint density at radius 2 is 1.78 bits per heavy atom. The molecule has 4 nitrogen and oxygen atoms in total. The Morgan fingerprint density at radius 3 is 2.39 bits per heavy atom. The highest BCUT2D eigenvalue weighted by atomic mass is 16.1. The normalized spacial score (nSPS) is 14.2. The number of nitrogens with zero attached hydrogens (tertiary/aromatic N) is 2. The number of benzene rings is 1. The number of hydrogen-bond acceptors (Lipinski definition) is 3. The third-order valence-corrected chi connectivity index (χ3v) is 2.86. The van der Waals surface area contributed by atoms with Crippen molar-refractivity contribution >= 4 is 5.91 Å². The van der Waals surface area contributed by atoms with E-state index >= 15 is 0 Å². The molecule has 1 aliphatic carbocycles. The number of carbonyl (C=O) groups excluding carboxylic acids is 1. The lowest BCUT2D eigenvalue weighted by Gasteiger charge is -2.03. The van der Waals surface area contributed by atoms with Gasteiger partial charge in [0.05, 0.1) is 5.56 Å². The van der Waals surface area contributed by atoms with Gasteiger partial charge in [-0.3, -0.25) is 4.79 Å². The first-order valence-electron chi connectivity index (χ1n) is 6.01. The summed E-state index contributed by atoms with van der Waals surface area (Å²) in [4.78, 5) is 20.2. The standard InChI is InChI=1S/C14H13N3O/c18-14(17-12-6-7-12)11-8-15-13(16-9-11)10-4-2-1-3-5-10/h1-5,8-9,12H,6-7H2,(H,17,18). The topological polar surface area (TPSA) is 54.9 Å². The maximum Gasteiger partial charge on any atom is 0.254 e. The third kappa shape index (κ3) is 2.37. The Hall–Kier alpha value is -2.23. The van der Waals surface area contributed by atoms with Crippen molar-refractivity contribution in [2.24, 2.45) is 0 Å². The summed E-state index contributed by atoms with van der Waals surface area (Å²) in [6.07, 6.45) is 5.31. The fourth-order valence-corrected chi connectivity index (χ4v) is 1.68. The number of rotatable bonds is 3. The third-order valence-electron chi connectivity index (χ3n) is 2.86. The van der Waals surface area contributed by atoms with Crippen molar-refractivity contribution in [3.63, 3.8) is 0 Å². The fourth-order valence-electron chi connectivity index (χ4n) is 1.68. The van der Waals surface area contributed by atoms with E-state index in [1.54, 1.807) is 12.4 Å². The molecule has 0 unspecified atom stereocenters. The molecule has 1 heterocycles. The van der Waals surface area contributed by atoms with Crippen LogP contribution in [-0.4, -0.2) is 21.9 Å². The summed E-state index contributed by atoms with van der Waals surface area (Å²) in [5.74, 6) is 0.552. The zero-order chi connectivity index (χ0) is 12.4. The van der Waals surface area contributed by atoms with E-state index in [0.717, 1.165) is 18.4 Å². The molecule has 1 aliphatic rings. The van der Waals surface area contributed by atoms with Crippen LogP contribution >= 0.6 is 0 Å². The zero-order valence-electron chi connectivity index (χ0n) is 9.84. The van der Waals surface area contributed by atoms with Crippen LogP contribution in [0.2, 0.25) is 0 Å². The second-order valence-electron chi connectivity index (χ2n) is 4.41. The molecule has 1 saturated carbocycles. The molecule has 0 atom stereocenters. The van der Waals surface area contributed by atoms with Crippen molar-refractivity contribution in [1.29, 1.82) is 0 Å². The molecule has 1 aromatic heterocycles. The maximum absolute atomic E-state index is 11.8. The number of hydrogen-bond donors (Lipinski definition) is 1. The summed E-state index contributed by atoms with van der Waals surface area (Å²) in [6.45, 7) is 0. The van der Waals surface area contributed by atoms with E-state index in [9.17, 15) is 4.79 Å². The van der Waals surface area contributed by atoms with Gasteiger partial charge in [-0.2, -0.15) is 0 Å². The fraction of sp³-hybridized carbons (Fsp3) is 0.214. The van der Waals surface area contributed by atoms with E-state index in [2.05, 4.69) is 15.3 Å². The van der Waals surface area contributed by atoms with Crippen molar-refractivity contribution in [2.75, 3.05) is 0 Å². The van der Waals surface area contributed by atoms with Gasteiger partial charge in [-0.1, -0.05) is 30.3 Å². The first-order valence-corrected chi connectivity index (χ1v) is 6.01. The molecule has 0 saturated heterocycles. The van der Waals surface area contributed by atoms with Gasteiger partial charge in [-0.15, -0.1) is 0 Å². The average molecular weight is 239 g/mol. The SMILES string of the molecule is O=C(NC1CC1)c1cnc(-c2ccccc2)nc1. The van der Waals surface area contributed by atoms with Gasteiger partial charge in [-0.05, 0) is 12.8 Å². The molecule has 1 N–H and O–H groups in total. The molecule has 0 aliphatic heterocycles. The van der Waals surface area contributed by atoms with Crippen LogP contribution in [0.4, 0.5) is 0 Å². The van der Waals surface area contributed by atoms with Crippen molar-refractivity contribution in [3.8, 4) is 11.4 Å². The lowest BCUT2D eigenvalue weighted by molar-refractivity contribution is 0.0950. The lowest BCUT2D eigenvalue weighted by Crippen LogP contribution is -2.25. The van der Waals surface area contributed by atoms with Crippen LogP contribution in [0.1, 0.15) is 23.2 Å². The number of nitrogens with one attached hydrogen (secondary N) is 1. The van der Waals surface area contributed by atoms with Gasteiger partial charge >= 0.3 is 0 Å². The molecule has 0 spiro atoms. The van der Waals surface area contributed by atoms with Gasteiger partial charge in [0.25, 0.3) is 5.91 Å². The van der Waals surface area contributed by atoms with Crippen LogP contribution < -0.4 is 5.32 Å².